The zero-order valence-corrected chi connectivity index (χ0v) is 12.3. The zero-order chi connectivity index (χ0) is 14.0. The van der Waals surface area contributed by atoms with Crippen molar-refractivity contribution in [3.8, 4) is 0 Å². The van der Waals surface area contributed by atoms with E-state index in [1.54, 1.807) is 17.9 Å². The number of hydrogen-bond acceptors (Lipinski definition) is 4. The fourth-order valence-electron chi connectivity index (χ4n) is 2.40. The normalized spacial score (nSPS) is 18.1. The SMILES string of the molecule is CCOC(=O)C(Cn1ncc(Cl)c1C)(NC)C1CC1. The molecule has 0 bridgehead atoms. The van der Waals surface area contributed by atoms with Crippen LogP contribution in [0.2, 0.25) is 5.02 Å². The first-order chi connectivity index (χ1) is 9.05. The first-order valence-electron chi connectivity index (χ1n) is 6.59. The number of halogens is 1. The third-order valence-electron chi connectivity index (χ3n) is 3.80. The summed E-state index contributed by atoms with van der Waals surface area (Å²) in [5.41, 5.74) is 0.169. The van der Waals surface area contributed by atoms with E-state index in [4.69, 9.17) is 16.3 Å². The topological polar surface area (TPSA) is 56.2 Å². The van der Waals surface area contributed by atoms with Crippen molar-refractivity contribution in [3.05, 3.63) is 16.9 Å². The molecule has 106 valence electrons. The molecule has 1 aromatic heterocycles. The molecule has 6 heteroatoms. The summed E-state index contributed by atoms with van der Waals surface area (Å²) in [6.45, 7) is 4.55. The Hall–Kier alpha value is -1.07. The van der Waals surface area contributed by atoms with E-state index in [-0.39, 0.29) is 5.97 Å². The molecular weight excluding hydrogens is 266 g/mol. The number of esters is 1. The number of nitrogens with one attached hydrogen (secondary N) is 1. The summed E-state index contributed by atoms with van der Waals surface area (Å²) in [5.74, 6) is 0.102. The van der Waals surface area contributed by atoms with Gasteiger partial charge >= 0.3 is 5.97 Å². The highest BCUT2D eigenvalue weighted by atomic mass is 35.5. The Balaban J connectivity index is 2.27. The molecule has 1 saturated carbocycles. The summed E-state index contributed by atoms with van der Waals surface area (Å²) < 4.78 is 7.01. The van der Waals surface area contributed by atoms with Crippen LogP contribution in [0.4, 0.5) is 0 Å². The highest BCUT2D eigenvalue weighted by Gasteiger charge is 2.51. The minimum absolute atomic E-state index is 0.203. The van der Waals surface area contributed by atoms with Gasteiger partial charge < -0.3 is 10.1 Å². The summed E-state index contributed by atoms with van der Waals surface area (Å²) >= 11 is 6.02. The largest absolute Gasteiger partial charge is 0.465 e. The highest BCUT2D eigenvalue weighted by Crippen LogP contribution is 2.41. The molecule has 1 fully saturated rings. The summed E-state index contributed by atoms with van der Waals surface area (Å²) in [6.07, 6.45) is 3.68. The molecule has 0 aromatic carbocycles. The standard InChI is InChI=1S/C13H20ClN3O2/c1-4-19-12(18)13(15-3,10-5-6-10)8-17-9(2)11(14)7-16-17/h7,10,15H,4-6,8H2,1-3H3. The van der Waals surface area contributed by atoms with E-state index >= 15 is 0 Å². The third kappa shape index (κ3) is 2.62. The lowest BCUT2D eigenvalue weighted by Crippen LogP contribution is -2.56. The molecule has 1 aliphatic rings. The molecule has 1 aliphatic carbocycles. The van der Waals surface area contributed by atoms with E-state index in [0.717, 1.165) is 18.5 Å². The first-order valence-corrected chi connectivity index (χ1v) is 6.97. The second-order valence-corrected chi connectivity index (χ2v) is 5.36. The number of carbonyl (C=O) groups excluding carboxylic acids is 1. The second-order valence-electron chi connectivity index (χ2n) is 4.95. The monoisotopic (exact) mass is 285 g/mol. The van der Waals surface area contributed by atoms with Crippen molar-refractivity contribution >= 4 is 17.6 Å². The molecule has 1 atom stereocenters. The minimum Gasteiger partial charge on any atom is -0.465 e. The van der Waals surface area contributed by atoms with E-state index in [0.29, 0.717) is 24.1 Å². The molecule has 5 nitrogen and oxygen atoms in total. The molecule has 1 aromatic rings. The third-order valence-corrected chi connectivity index (χ3v) is 4.17. The fourth-order valence-corrected chi connectivity index (χ4v) is 2.54. The van der Waals surface area contributed by atoms with Crippen molar-refractivity contribution in [2.75, 3.05) is 13.7 Å². The molecule has 0 spiro atoms. The van der Waals surface area contributed by atoms with Gasteiger partial charge in [0.2, 0.25) is 0 Å². The number of carbonyl (C=O) groups is 1. The number of rotatable bonds is 6. The lowest BCUT2D eigenvalue weighted by molar-refractivity contribution is -0.153. The van der Waals surface area contributed by atoms with E-state index in [1.807, 2.05) is 13.8 Å². The molecule has 1 heterocycles. The predicted molar refractivity (Wildman–Crippen MR) is 73.1 cm³/mol. The lowest BCUT2D eigenvalue weighted by atomic mass is 9.93. The van der Waals surface area contributed by atoms with Crippen LogP contribution in [0.1, 0.15) is 25.5 Å². The summed E-state index contributed by atoms with van der Waals surface area (Å²) in [5, 5.41) is 8.02. The van der Waals surface area contributed by atoms with Gasteiger partial charge in [0.15, 0.2) is 0 Å². The van der Waals surface area contributed by atoms with Gasteiger partial charge in [-0.05, 0) is 39.7 Å². The fraction of sp³-hybridized carbons (Fsp3) is 0.692. The zero-order valence-electron chi connectivity index (χ0n) is 11.6. The van der Waals surface area contributed by atoms with Crippen molar-refractivity contribution in [1.29, 1.82) is 0 Å². The maximum Gasteiger partial charge on any atom is 0.328 e. The van der Waals surface area contributed by atoms with Crippen LogP contribution in [0.15, 0.2) is 6.20 Å². The maximum atomic E-state index is 12.3. The van der Waals surface area contributed by atoms with Crippen molar-refractivity contribution in [1.82, 2.24) is 15.1 Å². The van der Waals surface area contributed by atoms with Crippen LogP contribution in [0.3, 0.4) is 0 Å². The van der Waals surface area contributed by atoms with Gasteiger partial charge in [0.1, 0.15) is 5.54 Å². The Labute approximate surface area is 118 Å². The van der Waals surface area contributed by atoms with E-state index in [9.17, 15) is 4.79 Å². The van der Waals surface area contributed by atoms with Crippen LogP contribution in [0, 0.1) is 12.8 Å². The minimum atomic E-state index is -0.698. The van der Waals surface area contributed by atoms with Gasteiger partial charge in [-0.1, -0.05) is 11.6 Å². The van der Waals surface area contributed by atoms with Crippen LogP contribution in [-0.2, 0) is 16.1 Å². The maximum absolute atomic E-state index is 12.3. The van der Waals surface area contributed by atoms with E-state index in [2.05, 4.69) is 10.4 Å². The van der Waals surface area contributed by atoms with Gasteiger partial charge in [0.25, 0.3) is 0 Å². The quantitative estimate of drug-likeness (QED) is 0.810. The molecule has 0 aliphatic heterocycles. The molecule has 1 N–H and O–H groups in total. The molecular formula is C13H20ClN3O2. The number of hydrogen-bond donors (Lipinski definition) is 1. The summed E-state index contributed by atoms with van der Waals surface area (Å²) in [6, 6.07) is 0. The number of likely N-dealkylation sites (N-methyl/N-ethyl adjacent to an activating group) is 1. The summed E-state index contributed by atoms with van der Waals surface area (Å²) in [7, 11) is 1.80. The Morgan fingerprint density at radius 2 is 2.37 bits per heavy atom. The molecule has 0 saturated heterocycles. The van der Waals surface area contributed by atoms with Gasteiger partial charge in [0.05, 0.1) is 30.1 Å². The highest BCUT2D eigenvalue weighted by molar-refractivity contribution is 6.31. The average molecular weight is 286 g/mol. The van der Waals surface area contributed by atoms with E-state index in [1.165, 1.54) is 0 Å². The van der Waals surface area contributed by atoms with E-state index < -0.39 is 5.54 Å². The Kier molecular flexibility index (Phi) is 4.16. The molecule has 1 unspecified atom stereocenters. The van der Waals surface area contributed by atoms with Crippen molar-refractivity contribution in [3.63, 3.8) is 0 Å². The van der Waals surface area contributed by atoms with Gasteiger partial charge in [-0.25, -0.2) is 4.79 Å². The van der Waals surface area contributed by atoms with Gasteiger partial charge in [0, 0.05) is 0 Å². The Bertz CT molecular complexity index is 470. The van der Waals surface area contributed by atoms with Gasteiger partial charge in [-0.15, -0.1) is 0 Å². The van der Waals surface area contributed by atoms with Crippen LogP contribution >= 0.6 is 11.6 Å². The average Bonchev–Trinajstić information content (AvgIpc) is 3.19. The van der Waals surface area contributed by atoms with Gasteiger partial charge in [-0.2, -0.15) is 5.10 Å². The van der Waals surface area contributed by atoms with Crippen LogP contribution < -0.4 is 5.32 Å². The predicted octanol–water partition coefficient (Wildman–Crippen LogP) is 1.78. The van der Waals surface area contributed by atoms with Crippen LogP contribution in [0.25, 0.3) is 0 Å². The van der Waals surface area contributed by atoms with Crippen LogP contribution in [-0.4, -0.2) is 34.9 Å². The molecule has 19 heavy (non-hydrogen) atoms. The second kappa shape index (κ2) is 5.51. The number of nitrogens with zero attached hydrogens (tertiary/aromatic N) is 2. The van der Waals surface area contributed by atoms with Crippen molar-refractivity contribution < 1.29 is 9.53 Å². The lowest BCUT2D eigenvalue weighted by Gasteiger charge is -2.31. The van der Waals surface area contributed by atoms with Gasteiger partial charge in [-0.3, -0.25) is 4.68 Å². The smallest absolute Gasteiger partial charge is 0.328 e. The van der Waals surface area contributed by atoms with Crippen molar-refractivity contribution in [2.45, 2.75) is 38.8 Å². The Morgan fingerprint density at radius 3 is 2.79 bits per heavy atom. The van der Waals surface area contributed by atoms with Crippen LogP contribution in [0.5, 0.6) is 0 Å². The molecule has 2 rings (SSSR count). The molecule has 0 amide bonds. The summed E-state index contributed by atoms with van der Waals surface area (Å²) in [4.78, 5) is 12.3. The number of ether oxygens (including phenoxy) is 1. The molecule has 0 radical (unpaired) electrons. The van der Waals surface area contributed by atoms with Crippen molar-refractivity contribution in [2.24, 2.45) is 5.92 Å². The first kappa shape index (κ1) is 14.3. The Morgan fingerprint density at radius 1 is 1.68 bits per heavy atom. The number of aromatic nitrogens is 2.